The van der Waals surface area contributed by atoms with Gasteiger partial charge in [-0.05, 0) is 62.9 Å². The average molecular weight is 524 g/mol. The Kier molecular flexibility index (Phi) is 8.24. The first-order valence-corrected chi connectivity index (χ1v) is 12.9. The molecule has 0 spiro atoms. The molecular formula is C25H33Cl3N6. The molecule has 184 valence electrons. The molecule has 5 rings (SSSR count). The van der Waals surface area contributed by atoms with Gasteiger partial charge in [-0.1, -0.05) is 49.0 Å². The first-order valence-electron chi connectivity index (χ1n) is 12.2. The lowest BCUT2D eigenvalue weighted by Gasteiger charge is -2.45. The summed E-state index contributed by atoms with van der Waals surface area (Å²) >= 11 is 12.6. The molecule has 3 atom stereocenters. The van der Waals surface area contributed by atoms with Crippen LogP contribution in [0.25, 0.3) is 11.2 Å². The van der Waals surface area contributed by atoms with Crippen LogP contribution in [0.15, 0.2) is 30.6 Å². The fourth-order valence-corrected chi connectivity index (χ4v) is 6.14. The lowest BCUT2D eigenvalue weighted by molar-refractivity contribution is 0.0974. The second-order valence-corrected chi connectivity index (χ2v) is 10.3. The van der Waals surface area contributed by atoms with E-state index >= 15 is 0 Å². The van der Waals surface area contributed by atoms with Gasteiger partial charge in [-0.2, -0.15) is 5.10 Å². The van der Waals surface area contributed by atoms with Crippen molar-refractivity contribution in [3.8, 4) is 0 Å². The maximum atomic E-state index is 6.48. The summed E-state index contributed by atoms with van der Waals surface area (Å²) in [6, 6.07) is 6.21. The van der Waals surface area contributed by atoms with Gasteiger partial charge in [0, 0.05) is 29.2 Å². The van der Waals surface area contributed by atoms with E-state index in [1.165, 1.54) is 45.2 Å². The molecule has 2 saturated heterocycles. The number of piperidine rings is 2. The van der Waals surface area contributed by atoms with Crippen LogP contribution in [0.1, 0.15) is 57.6 Å². The van der Waals surface area contributed by atoms with Gasteiger partial charge in [-0.3, -0.25) is 4.90 Å². The van der Waals surface area contributed by atoms with E-state index in [-0.39, 0.29) is 18.4 Å². The maximum absolute atomic E-state index is 6.48. The van der Waals surface area contributed by atoms with Gasteiger partial charge in [0.1, 0.15) is 11.3 Å². The summed E-state index contributed by atoms with van der Waals surface area (Å²) in [5.74, 6) is 1.60. The van der Waals surface area contributed by atoms with E-state index in [2.05, 4.69) is 28.7 Å². The smallest absolute Gasteiger partial charge is 0.179 e. The van der Waals surface area contributed by atoms with Crippen molar-refractivity contribution in [2.75, 3.05) is 31.1 Å². The van der Waals surface area contributed by atoms with E-state index in [9.17, 15) is 0 Å². The largest absolute Gasteiger partial charge is 0.355 e. The number of fused-ring (bicyclic) bond motifs is 1. The zero-order valence-corrected chi connectivity index (χ0v) is 22.2. The molecule has 2 aliphatic heterocycles. The van der Waals surface area contributed by atoms with Crippen LogP contribution in [0.2, 0.25) is 10.0 Å². The Morgan fingerprint density at radius 3 is 2.62 bits per heavy atom. The molecule has 2 fully saturated rings. The molecule has 4 heterocycles. The molecule has 9 heteroatoms. The van der Waals surface area contributed by atoms with Crippen LogP contribution < -0.4 is 4.90 Å². The highest BCUT2D eigenvalue weighted by atomic mass is 35.5. The Morgan fingerprint density at radius 2 is 1.88 bits per heavy atom. The standard InChI is InChI=1S/C25H32Cl2N6.ClH/c1-3-18-16-32(12-9-23(18)31-10-5-4-6-11-31)24-15-28-22-14-29-33(25(22)30-24)17(2)20-8-7-19(26)13-21(20)27;/h7-8,13-15,17-18,23H,3-6,9-12,16H2,1-2H3;1H. The molecule has 0 amide bonds. The molecule has 1 aromatic carbocycles. The van der Waals surface area contributed by atoms with Crippen LogP contribution in [0.5, 0.6) is 0 Å². The van der Waals surface area contributed by atoms with Crippen molar-refractivity contribution in [3.05, 3.63) is 46.2 Å². The van der Waals surface area contributed by atoms with Crippen LogP contribution >= 0.6 is 35.6 Å². The molecule has 3 aromatic rings. The van der Waals surface area contributed by atoms with Crippen molar-refractivity contribution in [2.45, 2.75) is 58.0 Å². The average Bonchev–Trinajstić information content (AvgIpc) is 3.27. The minimum Gasteiger partial charge on any atom is -0.355 e. The summed E-state index contributed by atoms with van der Waals surface area (Å²) in [7, 11) is 0. The lowest BCUT2D eigenvalue weighted by atomic mass is 9.87. The normalized spacial score (nSPS) is 22.5. The zero-order valence-electron chi connectivity index (χ0n) is 19.8. The predicted octanol–water partition coefficient (Wildman–Crippen LogP) is 6.26. The van der Waals surface area contributed by atoms with E-state index in [1.807, 2.05) is 23.0 Å². The van der Waals surface area contributed by atoms with E-state index in [0.29, 0.717) is 22.0 Å². The van der Waals surface area contributed by atoms with Gasteiger partial charge >= 0.3 is 0 Å². The quantitative estimate of drug-likeness (QED) is 0.395. The van der Waals surface area contributed by atoms with Gasteiger partial charge in [0.05, 0.1) is 18.4 Å². The summed E-state index contributed by atoms with van der Waals surface area (Å²) < 4.78 is 1.92. The first-order chi connectivity index (χ1) is 16.0. The Morgan fingerprint density at radius 1 is 1.09 bits per heavy atom. The molecule has 3 unspecified atom stereocenters. The van der Waals surface area contributed by atoms with Crippen LogP contribution in [0.4, 0.5) is 5.82 Å². The number of rotatable bonds is 5. The fourth-order valence-electron chi connectivity index (χ4n) is 5.58. The van der Waals surface area contributed by atoms with Crippen LogP contribution in [0.3, 0.4) is 0 Å². The molecule has 0 radical (unpaired) electrons. The van der Waals surface area contributed by atoms with Gasteiger partial charge < -0.3 is 4.90 Å². The minimum atomic E-state index is -0.0787. The van der Waals surface area contributed by atoms with Crippen LogP contribution in [-0.4, -0.2) is 56.9 Å². The SMILES string of the molecule is CCC1CN(c2cnc3cnn(C(C)c4ccc(Cl)cc4Cl)c3n2)CCC1N1CCCCC1.Cl. The van der Waals surface area contributed by atoms with Gasteiger partial charge in [0.25, 0.3) is 0 Å². The van der Waals surface area contributed by atoms with Gasteiger partial charge in [0.15, 0.2) is 5.65 Å². The van der Waals surface area contributed by atoms with Crippen LogP contribution in [0, 0.1) is 5.92 Å². The molecule has 0 N–H and O–H groups in total. The summed E-state index contributed by atoms with van der Waals surface area (Å²) in [5, 5.41) is 5.86. The Labute approximate surface area is 218 Å². The number of benzene rings is 1. The maximum Gasteiger partial charge on any atom is 0.179 e. The van der Waals surface area contributed by atoms with Crippen molar-refractivity contribution in [2.24, 2.45) is 5.92 Å². The van der Waals surface area contributed by atoms with E-state index < -0.39 is 0 Å². The van der Waals surface area contributed by atoms with Crippen molar-refractivity contribution in [3.63, 3.8) is 0 Å². The highest BCUT2D eigenvalue weighted by molar-refractivity contribution is 6.35. The number of likely N-dealkylation sites (tertiary alicyclic amines) is 1. The van der Waals surface area contributed by atoms with Gasteiger partial charge in [-0.25, -0.2) is 14.6 Å². The summed E-state index contributed by atoms with van der Waals surface area (Å²) in [6.07, 6.45) is 10.1. The van der Waals surface area contributed by atoms with E-state index in [1.54, 1.807) is 12.3 Å². The fraction of sp³-hybridized carbons (Fsp3) is 0.560. The van der Waals surface area contributed by atoms with E-state index in [4.69, 9.17) is 33.2 Å². The van der Waals surface area contributed by atoms with Crippen molar-refractivity contribution >= 4 is 52.6 Å². The third-order valence-corrected chi connectivity index (χ3v) is 8.03. The Hall–Kier alpha value is -1.60. The molecule has 0 bridgehead atoms. The molecule has 2 aliphatic rings. The predicted molar refractivity (Wildman–Crippen MR) is 143 cm³/mol. The Bertz CT molecular complexity index is 1110. The summed E-state index contributed by atoms with van der Waals surface area (Å²) in [6.45, 7) is 8.98. The van der Waals surface area contributed by atoms with Crippen molar-refractivity contribution in [1.29, 1.82) is 0 Å². The van der Waals surface area contributed by atoms with Crippen LogP contribution in [-0.2, 0) is 0 Å². The number of anilines is 1. The third kappa shape index (κ3) is 5.01. The number of nitrogens with zero attached hydrogens (tertiary/aromatic N) is 6. The summed E-state index contributed by atoms with van der Waals surface area (Å²) in [5.41, 5.74) is 2.55. The first kappa shape index (κ1) is 25.5. The van der Waals surface area contributed by atoms with Crippen molar-refractivity contribution < 1.29 is 0 Å². The molecule has 0 aliphatic carbocycles. The van der Waals surface area contributed by atoms with E-state index in [0.717, 1.165) is 35.6 Å². The second-order valence-electron chi connectivity index (χ2n) is 9.43. The third-order valence-electron chi connectivity index (χ3n) is 7.47. The highest BCUT2D eigenvalue weighted by Gasteiger charge is 2.33. The monoisotopic (exact) mass is 522 g/mol. The molecule has 6 nitrogen and oxygen atoms in total. The molecule has 2 aromatic heterocycles. The van der Waals surface area contributed by atoms with Crippen molar-refractivity contribution in [1.82, 2.24) is 24.6 Å². The topological polar surface area (TPSA) is 50.1 Å². The van der Waals surface area contributed by atoms with Gasteiger partial charge in [-0.15, -0.1) is 12.4 Å². The van der Waals surface area contributed by atoms with Gasteiger partial charge in [0.2, 0.25) is 0 Å². The number of hydrogen-bond donors (Lipinski definition) is 0. The molecule has 34 heavy (non-hydrogen) atoms. The number of aromatic nitrogens is 4. The molecular weight excluding hydrogens is 491 g/mol. The Balaban J connectivity index is 0.00000274. The zero-order chi connectivity index (χ0) is 22.9. The minimum absolute atomic E-state index is 0. The second kappa shape index (κ2) is 11.0. The number of halogens is 3. The lowest BCUT2D eigenvalue weighted by Crippen LogP contribution is -2.52. The number of hydrogen-bond acceptors (Lipinski definition) is 5. The summed E-state index contributed by atoms with van der Waals surface area (Å²) in [4.78, 5) is 14.9. The molecule has 0 saturated carbocycles. The highest BCUT2D eigenvalue weighted by Crippen LogP contribution is 2.32.